The molecule has 0 N–H and O–H groups in total. The van der Waals surface area contributed by atoms with Gasteiger partial charge in [-0.25, -0.2) is 4.98 Å². The Morgan fingerprint density at radius 2 is 1.92 bits per heavy atom. The van der Waals surface area contributed by atoms with Crippen molar-refractivity contribution in [3.05, 3.63) is 63.4 Å². The van der Waals surface area contributed by atoms with E-state index in [0.717, 1.165) is 33.4 Å². The van der Waals surface area contributed by atoms with Crippen LogP contribution in [-0.2, 0) is 29.1 Å². The first-order valence-electron chi connectivity index (χ1n) is 7.51. The predicted octanol–water partition coefficient (Wildman–Crippen LogP) is 2.45. The number of benzene rings is 1. The highest BCUT2D eigenvalue weighted by atomic mass is 35.5. The van der Waals surface area contributed by atoms with Crippen LogP contribution in [0.2, 0.25) is 0 Å². The molecular formula is C18H13ClN2O3. The molecule has 0 amide bonds. The maximum absolute atomic E-state index is 12.7. The van der Waals surface area contributed by atoms with Crippen LogP contribution < -0.4 is 5.56 Å². The molecule has 4 heterocycles. The summed E-state index contributed by atoms with van der Waals surface area (Å²) >= 11 is 0. The molecule has 5 nitrogen and oxygen atoms in total. The molecule has 2 aliphatic heterocycles. The fourth-order valence-corrected chi connectivity index (χ4v) is 3.44. The number of hydrogen-bond donors (Lipinski definition) is 0. The van der Waals surface area contributed by atoms with Gasteiger partial charge < -0.3 is 9.30 Å². The lowest BCUT2D eigenvalue weighted by Gasteiger charge is -2.17. The second-order valence-corrected chi connectivity index (χ2v) is 5.95. The number of halogens is 1. The number of nitrogens with zero attached hydrogens (tertiary/aromatic N) is 2. The van der Waals surface area contributed by atoms with Crippen LogP contribution >= 0.6 is 12.4 Å². The van der Waals surface area contributed by atoms with Gasteiger partial charge in [-0.05, 0) is 23.8 Å². The molecule has 2 aliphatic rings. The molecule has 0 bridgehead atoms. The van der Waals surface area contributed by atoms with Gasteiger partial charge in [0.15, 0.2) is 0 Å². The number of carbonyl (C=O) groups is 1. The summed E-state index contributed by atoms with van der Waals surface area (Å²) in [4.78, 5) is 29.0. The smallest absolute Gasteiger partial charge is 0.310 e. The molecule has 0 radical (unpaired) electrons. The van der Waals surface area contributed by atoms with Crippen molar-refractivity contribution in [2.24, 2.45) is 0 Å². The van der Waals surface area contributed by atoms with Crippen molar-refractivity contribution in [3.63, 3.8) is 0 Å². The van der Waals surface area contributed by atoms with E-state index in [1.165, 1.54) is 0 Å². The first-order valence-corrected chi connectivity index (χ1v) is 7.51. The lowest BCUT2D eigenvalue weighted by Crippen LogP contribution is -2.29. The molecule has 1 aromatic carbocycles. The van der Waals surface area contributed by atoms with E-state index in [-0.39, 0.29) is 37.0 Å². The zero-order valence-corrected chi connectivity index (χ0v) is 13.4. The summed E-state index contributed by atoms with van der Waals surface area (Å²) in [5, 5.41) is 1.07. The van der Waals surface area contributed by atoms with Crippen LogP contribution in [0.15, 0.2) is 41.2 Å². The van der Waals surface area contributed by atoms with Gasteiger partial charge in [0.05, 0.1) is 35.4 Å². The van der Waals surface area contributed by atoms with Crippen LogP contribution in [-0.4, -0.2) is 15.5 Å². The van der Waals surface area contributed by atoms with E-state index in [1.54, 1.807) is 4.57 Å². The lowest BCUT2D eigenvalue weighted by atomic mass is 10.0. The highest BCUT2D eigenvalue weighted by Gasteiger charge is 2.28. The maximum Gasteiger partial charge on any atom is 0.310 e. The molecule has 0 unspecified atom stereocenters. The molecule has 5 rings (SSSR count). The lowest BCUT2D eigenvalue weighted by molar-refractivity contribution is -0.145. The number of aromatic nitrogens is 2. The highest BCUT2D eigenvalue weighted by molar-refractivity contribution is 5.85. The predicted molar refractivity (Wildman–Crippen MR) is 91.3 cm³/mol. The molecule has 0 spiro atoms. The summed E-state index contributed by atoms with van der Waals surface area (Å²) in [6.07, 6.45) is 0.154. The Morgan fingerprint density at radius 1 is 1.08 bits per heavy atom. The average Bonchev–Trinajstić information content (AvgIpc) is 2.91. The molecule has 0 saturated heterocycles. The third-order valence-corrected chi connectivity index (χ3v) is 4.58. The van der Waals surface area contributed by atoms with Gasteiger partial charge in [-0.3, -0.25) is 9.59 Å². The molecule has 120 valence electrons. The summed E-state index contributed by atoms with van der Waals surface area (Å²) in [5.41, 5.74) is 4.85. The molecule has 0 aliphatic carbocycles. The van der Waals surface area contributed by atoms with Crippen LogP contribution in [0.3, 0.4) is 0 Å². The Labute approximate surface area is 143 Å². The van der Waals surface area contributed by atoms with E-state index < -0.39 is 0 Å². The van der Waals surface area contributed by atoms with E-state index in [9.17, 15) is 9.59 Å². The number of carbonyl (C=O) groups excluding carboxylic acids is 1. The summed E-state index contributed by atoms with van der Waals surface area (Å²) in [7, 11) is 0. The Kier molecular flexibility index (Phi) is 3.21. The number of esters is 1. The first-order chi connectivity index (χ1) is 11.2. The van der Waals surface area contributed by atoms with Gasteiger partial charge in [0.25, 0.3) is 5.56 Å². The van der Waals surface area contributed by atoms with E-state index in [1.807, 2.05) is 30.3 Å². The van der Waals surface area contributed by atoms with Crippen molar-refractivity contribution >= 4 is 29.3 Å². The van der Waals surface area contributed by atoms with E-state index >= 15 is 0 Å². The standard InChI is InChI=1S/C18H12N2O3.ClH/c21-16-7-11-6-15-17-12(5-10-3-1-2-4-14(10)19-17)8-20(15)18(22)13(11)9-23-16;/h1-6H,7-9H2;1H. The van der Waals surface area contributed by atoms with Gasteiger partial charge in [-0.1, -0.05) is 18.2 Å². The zero-order chi connectivity index (χ0) is 15.6. The monoisotopic (exact) mass is 340 g/mol. The zero-order valence-electron chi connectivity index (χ0n) is 12.6. The van der Waals surface area contributed by atoms with Crippen LogP contribution in [0, 0.1) is 0 Å². The highest BCUT2D eigenvalue weighted by Crippen LogP contribution is 2.33. The largest absolute Gasteiger partial charge is 0.460 e. The molecular weight excluding hydrogens is 328 g/mol. The van der Waals surface area contributed by atoms with Crippen LogP contribution in [0.1, 0.15) is 16.7 Å². The molecule has 0 atom stereocenters. The normalized spacial score (nSPS) is 14.4. The summed E-state index contributed by atoms with van der Waals surface area (Å²) in [6, 6.07) is 11.9. The molecule has 3 aromatic rings. The van der Waals surface area contributed by atoms with Gasteiger partial charge in [0.2, 0.25) is 0 Å². The van der Waals surface area contributed by atoms with Crippen molar-refractivity contribution in [1.82, 2.24) is 9.55 Å². The van der Waals surface area contributed by atoms with Crippen LogP contribution in [0.4, 0.5) is 0 Å². The number of pyridine rings is 2. The van der Waals surface area contributed by atoms with Gasteiger partial charge >= 0.3 is 5.97 Å². The van der Waals surface area contributed by atoms with Crippen molar-refractivity contribution < 1.29 is 9.53 Å². The summed E-state index contributed by atoms with van der Waals surface area (Å²) in [5.74, 6) is -0.286. The van der Waals surface area contributed by atoms with Gasteiger partial charge in [-0.15, -0.1) is 12.4 Å². The minimum Gasteiger partial charge on any atom is -0.460 e. The topological polar surface area (TPSA) is 61.2 Å². The fraction of sp³-hybridized carbons (Fsp3) is 0.167. The molecule has 0 saturated carbocycles. The fourth-order valence-electron chi connectivity index (χ4n) is 3.44. The third kappa shape index (κ3) is 1.98. The Bertz CT molecular complexity index is 1070. The first kappa shape index (κ1) is 14.9. The quantitative estimate of drug-likeness (QED) is 0.461. The number of para-hydroxylation sites is 1. The van der Waals surface area contributed by atoms with Gasteiger partial charge in [-0.2, -0.15) is 0 Å². The second-order valence-electron chi connectivity index (χ2n) is 5.95. The SMILES string of the molecule is Cl.O=C1Cc2cc3n(c(=O)c2CO1)Cc1cc2ccccc2nc1-3. The number of cyclic esters (lactones) is 1. The molecule has 6 heteroatoms. The van der Waals surface area contributed by atoms with Crippen LogP contribution in [0.25, 0.3) is 22.3 Å². The Balaban J connectivity index is 0.00000146. The minimum absolute atomic E-state index is 0. The number of ether oxygens (including phenoxy) is 1. The number of fused-ring (bicyclic) bond motifs is 5. The van der Waals surface area contributed by atoms with Crippen molar-refractivity contribution in [2.45, 2.75) is 19.6 Å². The third-order valence-electron chi connectivity index (χ3n) is 4.58. The van der Waals surface area contributed by atoms with Crippen molar-refractivity contribution in [3.8, 4) is 11.4 Å². The second kappa shape index (κ2) is 5.18. The summed E-state index contributed by atoms with van der Waals surface area (Å²) < 4.78 is 6.75. The van der Waals surface area contributed by atoms with Crippen molar-refractivity contribution in [2.75, 3.05) is 0 Å². The number of hydrogen-bond acceptors (Lipinski definition) is 4. The van der Waals surface area contributed by atoms with Crippen LogP contribution in [0.5, 0.6) is 0 Å². The maximum atomic E-state index is 12.7. The average molecular weight is 341 g/mol. The van der Waals surface area contributed by atoms with E-state index in [2.05, 4.69) is 6.07 Å². The molecule has 0 fully saturated rings. The van der Waals surface area contributed by atoms with Gasteiger partial charge in [0, 0.05) is 10.9 Å². The molecule has 24 heavy (non-hydrogen) atoms. The Morgan fingerprint density at radius 3 is 2.79 bits per heavy atom. The van der Waals surface area contributed by atoms with E-state index in [0.29, 0.717) is 12.1 Å². The number of rotatable bonds is 0. The van der Waals surface area contributed by atoms with Gasteiger partial charge in [0.1, 0.15) is 6.61 Å². The van der Waals surface area contributed by atoms with E-state index in [4.69, 9.17) is 9.72 Å². The summed E-state index contributed by atoms with van der Waals surface area (Å²) in [6.45, 7) is 0.585. The Hall–Kier alpha value is -2.66. The minimum atomic E-state index is -0.286. The van der Waals surface area contributed by atoms with Crippen molar-refractivity contribution in [1.29, 1.82) is 0 Å². The molecule has 2 aromatic heterocycles.